The number of aromatic nitrogens is 6. The fourth-order valence-electron chi connectivity index (χ4n) is 11.1. The van der Waals surface area contributed by atoms with E-state index in [1.165, 1.54) is 46.0 Å². The Labute approximate surface area is 549 Å². The number of halogens is 3. The molecule has 92 heavy (non-hydrogen) atoms. The minimum Gasteiger partial charge on any atom is -0.493 e. The number of nitrogens with zero attached hydrogens (tertiary/aromatic N) is 8. The van der Waals surface area contributed by atoms with Crippen LogP contribution in [0.25, 0.3) is 11.3 Å². The van der Waals surface area contributed by atoms with Crippen molar-refractivity contribution in [2.45, 2.75) is 111 Å². The molecule has 4 aliphatic heterocycles. The highest BCUT2D eigenvalue weighted by Gasteiger charge is 2.35. The highest BCUT2D eigenvalue weighted by molar-refractivity contribution is 7.92. The van der Waals surface area contributed by atoms with E-state index in [1.54, 1.807) is 22.4 Å². The topological polar surface area (TPSA) is 313 Å². The molecule has 24 nitrogen and oxygen atoms in total. The van der Waals surface area contributed by atoms with E-state index in [0.29, 0.717) is 40.0 Å². The van der Waals surface area contributed by atoms with E-state index in [1.807, 2.05) is 64.2 Å². The Bertz CT molecular complexity index is 4340. The molecule has 4 aliphatic rings. The molecule has 0 bridgehead atoms. The summed E-state index contributed by atoms with van der Waals surface area (Å²) < 4.78 is 58.9. The van der Waals surface area contributed by atoms with E-state index in [-0.39, 0.29) is 77.1 Å². The quantitative estimate of drug-likeness (QED) is 0.0628. The normalized spacial score (nSPS) is 18.0. The van der Waals surface area contributed by atoms with Crippen molar-refractivity contribution >= 4 is 101 Å². The number of hydrogen-bond acceptors (Lipinski definition) is 17. The smallest absolute Gasteiger partial charge is 0.407 e. The number of aromatic amines is 1. The van der Waals surface area contributed by atoms with Gasteiger partial charge in [-0.1, -0.05) is 79.2 Å². The largest absolute Gasteiger partial charge is 0.493 e. The summed E-state index contributed by atoms with van der Waals surface area (Å²) in [6.45, 7) is 13.8. The number of alkyl carbamates (subject to hydrolysis) is 1. The number of nitrogens with two attached hydrogens (primary N) is 1. The second kappa shape index (κ2) is 29.0. The standard InChI is InChI=1S/C28H30ClN7O3S.C17H18N4O2.C9H18N2O2.C8H7Cl2NO3S.CH4/c1-17-14-36-26(31-27(17)34-10-9-21(30)16-34)13-24(32-36)25-11-18-5-3-4-6-19(18)15-35(25)28(37)22-12-20(29)7-8-23(22)33-40(2,38)39;1-10-16(22)18-15-8-13(19-21(15)17(10)23)14-7-11-5-3-4-6-12(11)9-20(14)2;1-9(2,3)13-8(12)11-7-4-5-10-6-7;1-15(13,14)11-7-3-2-5(9)4-6(7)8(10)12;/h3-8,12-14,21,25,33H,9-11,15-16,30H2,1-2H3;3-6,8,14,23H,7,9H2,1-2H3,(H,18,22);7,10H,4-6H2,1-3H3,(H,11,12);2-4,11H,1H3;1H4/t21-,25-;14-;7-;;/m000../s1. The van der Waals surface area contributed by atoms with Gasteiger partial charge in [0.15, 0.2) is 5.65 Å². The third-order valence-corrected chi connectivity index (χ3v) is 17.3. The van der Waals surface area contributed by atoms with Crippen LogP contribution in [0.4, 0.5) is 22.0 Å². The molecule has 12 rings (SSSR count). The van der Waals surface area contributed by atoms with Gasteiger partial charge in [-0.05, 0) is 144 Å². The Morgan fingerprint density at radius 2 is 1.36 bits per heavy atom. The van der Waals surface area contributed by atoms with Crippen molar-refractivity contribution in [3.63, 3.8) is 0 Å². The van der Waals surface area contributed by atoms with Crippen LogP contribution >= 0.6 is 34.8 Å². The number of fused-ring (bicyclic) bond motifs is 4. The van der Waals surface area contributed by atoms with Crippen LogP contribution in [0.15, 0.2) is 108 Å². The molecular formula is C63H77Cl3N14O10S2. The van der Waals surface area contributed by atoms with Crippen molar-refractivity contribution in [2.24, 2.45) is 5.73 Å². The Hall–Kier alpha value is -7.82. The van der Waals surface area contributed by atoms with Crippen LogP contribution in [0.3, 0.4) is 0 Å². The molecule has 8 aromatic rings. The summed E-state index contributed by atoms with van der Waals surface area (Å²) in [5.74, 6) is 0.444. The molecule has 4 aromatic carbocycles. The molecule has 0 saturated carbocycles. The molecule has 492 valence electrons. The first-order valence-corrected chi connectivity index (χ1v) is 34.1. The number of sulfonamides is 2. The predicted octanol–water partition coefficient (Wildman–Crippen LogP) is 8.91. The van der Waals surface area contributed by atoms with E-state index < -0.39 is 36.9 Å². The highest BCUT2D eigenvalue weighted by atomic mass is 35.5. The fraction of sp³-hybridized carbons (Fsp3) is 0.381. The second-order valence-electron chi connectivity index (χ2n) is 23.9. The van der Waals surface area contributed by atoms with Crippen LogP contribution < -0.4 is 36.3 Å². The zero-order chi connectivity index (χ0) is 65.9. The number of aromatic hydroxyl groups is 1. The van der Waals surface area contributed by atoms with Gasteiger partial charge in [0, 0.05) is 78.7 Å². The zero-order valence-corrected chi connectivity index (χ0v) is 55.3. The van der Waals surface area contributed by atoms with Gasteiger partial charge in [0.05, 0.1) is 64.0 Å². The Balaban J connectivity index is 0.000000176. The lowest BCUT2D eigenvalue weighted by molar-refractivity contribution is 0.0507. The molecule has 2 amide bonds. The summed E-state index contributed by atoms with van der Waals surface area (Å²) >= 11 is 17.2. The summed E-state index contributed by atoms with van der Waals surface area (Å²) in [5.41, 5.74) is 14.8. The molecule has 0 unspecified atom stereocenters. The summed E-state index contributed by atoms with van der Waals surface area (Å²) in [6.07, 6.45) is 6.98. The third-order valence-electron chi connectivity index (χ3n) is 15.4. The van der Waals surface area contributed by atoms with Crippen LogP contribution in [0, 0.1) is 13.8 Å². The van der Waals surface area contributed by atoms with Crippen molar-refractivity contribution in [2.75, 3.05) is 60.1 Å². The number of nitrogens with one attached hydrogen (secondary N) is 5. The Morgan fingerprint density at radius 3 is 1.92 bits per heavy atom. The first kappa shape index (κ1) is 70.1. The number of ether oxygens (including phenoxy) is 1. The van der Waals surface area contributed by atoms with E-state index in [4.69, 9.17) is 55.4 Å². The van der Waals surface area contributed by atoms with Crippen molar-refractivity contribution in [1.29, 1.82) is 0 Å². The van der Waals surface area contributed by atoms with Gasteiger partial charge in [-0.15, -0.1) is 0 Å². The monoisotopic (exact) mass is 1360 g/mol. The van der Waals surface area contributed by atoms with Crippen LogP contribution in [-0.4, -0.2) is 142 Å². The molecule has 2 saturated heterocycles. The van der Waals surface area contributed by atoms with Crippen LogP contribution in [0.1, 0.15) is 119 Å². The first-order valence-electron chi connectivity index (χ1n) is 29.2. The van der Waals surface area contributed by atoms with Gasteiger partial charge in [0.2, 0.25) is 25.9 Å². The van der Waals surface area contributed by atoms with E-state index >= 15 is 0 Å². The van der Waals surface area contributed by atoms with Gasteiger partial charge < -0.3 is 41.0 Å². The molecular weight excluding hydrogens is 1280 g/mol. The molecule has 0 radical (unpaired) electrons. The number of carbonyl (C=O) groups is 3. The average Bonchev–Trinajstić information content (AvgIpc) is 1.48. The molecule has 4 aromatic heterocycles. The van der Waals surface area contributed by atoms with Crippen LogP contribution in [-0.2, 0) is 50.7 Å². The van der Waals surface area contributed by atoms with Crippen molar-refractivity contribution in [3.8, 4) is 5.88 Å². The van der Waals surface area contributed by atoms with Gasteiger partial charge in [0.1, 0.15) is 17.1 Å². The number of anilines is 3. The Morgan fingerprint density at radius 1 is 0.783 bits per heavy atom. The van der Waals surface area contributed by atoms with Crippen LogP contribution in [0.2, 0.25) is 10.0 Å². The number of likely N-dealkylation sites (N-methyl/N-ethyl adjacent to an activating group) is 1. The lowest BCUT2D eigenvalue weighted by Crippen LogP contribution is -2.40. The lowest BCUT2D eigenvalue weighted by Gasteiger charge is -2.36. The third kappa shape index (κ3) is 17.6. The maximum absolute atomic E-state index is 14.1. The molecule has 0 spiro atoms. The molecule has 29 heteroatoms. The Kier molecular flexibility index (Phi) is 22.1. The maximum atomic E-state index is 14.1. The number of aryl methyl sites for hydroxylation is 1. The van der Waals surface area contributed by atoms with Gasteiger partial charge in [0.25, 0.3) is 16.7 Å². The average molecular weight is 1360 g/mol. The number of carbonyl (C=O) groups excluding carboxylic acids is 3. The lowest BCUT2D eigenvalue weighted by atomic mass is 9.91. The van der Waals surface area contributed by atoms with Gasteiger partial charge >= 0.3 is 6.09 Å². The van der Waals surface area contributed by atoms with Crippen LogP contribution in [0.5, 0.6) is 5.88 Å². The molecule has 8 N–H and O–H groups in total. The number of rotatable bonds is 10. The number of benzene rings is 4. The van der Waals surface area contributed by atoms with E-state index in [9.17, 15) is 41.1 Å². The summed E-state index contributed by atoms with van der Waals surface area (Å²) in [5, 5.41) is 25.4. The number of hydrogen-bond donors (Lipinski definition) is 7. The van der Waals surface area contributed by atoms with Gasteiger partial charge in [-0.25, -0.2) is 31.1 Å². The minimum atomic E-state index is -3.63. The molecule has 4 atom stereocenters. The molecule has 0 aliphatic carbocycles. The van der Waals surface area contributed by atoms with E-state index in [0.717, 1.165) is 92.7 Å². The molecule has 2 fully saturated rings. The number of amides is 2. The van der Waals surface area contributed by atoms with Crippen molar-refractivity contribution in [1.82, 2.24) is 49.6 Å². The summed E-state index contributed by atoms with van der Waals surface area (Å²) in [4.78, 5) is 62.0. The number of H-pyrrole nitrogens is 1. The van der Waals surface area contributed by atoms with Crippen molar-refractivity contribution in [3.05, 3.63) is 180 Å². The van der Waals surface area contributed by atoms with E-state index in [2.05, 4.69) is 77.3 Å². The maximum Gasteiger partial charge on any atom is 0.407 e. The highest BCUT2D eigenvalue weighted by Crippen LogP contribution is 2.37. The summed E-state index contributed by atoms with van der Waals surface area (Å²) in [6, 6.07) is 28.9. The predicted molar refractivity (Wildman–Crippen MR) is 359 cm³/mol. The molecule has 8 heterocycles. The fourth-order valence-corrected chi connectivity index (χ4v) is 12.8. The summed E-state index contributed by atoms with van der Waals surface area (Å²) in [7, 11) is -5.01. The van der Waals surface area contributed by atoms with Gasteiger partial charge in [-0.3, -0.25) is 28.7 Å². The SMILES string of the molecule is C.CC(C)(C)OC(=O)N[C@H]1CCNC1.CS(=O)(=O)Nc1ccc(Cl)cc1C(=O)Cl.Cc1c(O)n2nc([C@@H]3Cc4ccccc4CN3C)cc2[nH]c1=O.Cc1cn2nc([C@@H]3Cc4ccccc4CN3C(=O)c3cc(Cl)ccc3NS(C)(=O)=O)cc2nc1N1CC[C@H](N)C1. The zero-order valence-electron chi connectivity index (χ0n) is 51.4. The first-order chi connectivity index (χ1) is 42.9. The minimum absolute atomic E-state index is 0. The van der Waals surface area contributed by atoms with Crippen molar-refractivity contribution < 1.29 is 41.1 Å². The van der Waals surface area contributed by atoms with Gasteiger partial charge in [-0.2, -0.15) is 14.7 Å². The second-order valence-corrected chi connectivity index (χ2v) is 28.7.